The number of nitrogens with two attached hydrogens (primary N) is 1. The average molecular weight is 343 g/mol. The SMILES string of the molecule is COc1ccc(Nc2nc(N)nc(CN3CCN(C=O)CC3)n2)cc1. The lowest BCUT2D eigenvalue weighted by Gasteiger charge is -2.31. The summed E-state index contributed by atoms with van der Waals surface area (Å²) in [5, 5.41) is 3.12. The van der Waals surface area contributed by atoms with Gasteiger partial charge in [0.15, 0.2) is 0 Å². The fourth-order valence-corrected chi connectivity index (χ4v) is 2.59. The van der Waals surface area contributed by atoms with Gasteiger partial charge in [-0.15, -0.1) is 0 Å². The number of rotatable bonds is 6. The molecule has 1 aliphatic heterocycles. The molecular formula is C16H21N7O2. The molecule has 9 heteroatoms. The van der Waals surface area contributed by atoms with Gasteiger partial charge in [0.05, 0.1) is 13.7 Å². The number of nitrogens with one attached hydrogen (secondary N) is 1. The lowest BCUT2D eigenvalue weighted by molar-refractivity contribution is -0.119. The zero-order valence-corrected chi connectivity index (χ0v) is 14.1. The van der Waals surface area contributed by atoms with Crippen molar-refractivity contribution in [2.24, 2.45) is 0 Å². The molecule has 132 valence electrons. The monoisotopic (exact) mass is 343 g/mol. The van der Waals surface area contributed by atoms with Gasteiger partial charge in [-0.3, -0.25) is 9.69 Å². The number of nitrogens with zero attached hydrogens (tertiary/aromatic N) is 5. The molecule has 1 aromatic carbocycles. The molecule has 0 radical (unpaired) electrons. The third-order valence-corrected chi connectivity index (χ3v) is 3.97. The molecule has 0 spiro atoms. The molecule has 2 heterocycles. The molecule has 3 rings (SSSR count). The average Bonchev–Trinajstić information content (AvgIpc) is 2.62. The highest BCUT2D eigenvalue weighted by Crippen LogP contribution is 2.18. The van der Waals surface area contributed by atoms with Crippen molar-refractivity contribution >= 4 is 24.0 Å². The number of ether oxygens (including phenoxy) is 1. The van der Waals surface area contributed by atoms with Crippen LogP contribution in [0.25, 0.3) is 0 Å². The first-order valence-electron chi connectivity index (χ1n) is 7.99. The summed E-state index contributed by atoms with van der Waals surface area (Å²) in [6.07, 6.45) is 0.884. The van der Waals surface area contributed by atoms with Crippen LogP contribution in [0, 0.1) is 0 Å². The molecular weight excluding hydrogens is 322 g/mol. The number of benzene rings is 1. The Morgan fingerprint density at radius 3 is 2.52 bits per heavy atom. The molecule has 3 N–H and O–H groups in total. The van der Waals surface area contributed by atoms with Crippen LogP contribution < -0.4 is 15.8 Å². The van der Waals surface area contributed by atoms with Gasteiger partial charge in [-0.05, 0) is 24.3 Å². The molecule has 0 aliphatic carbocycles. The van der Waals surface area contributed by atoms with Crippen LogP contribution in [0.5, 0.6) is 5.75 Å². The molecule has 1 aliphatic rings. The predicted octanol–water partition coefficient (Wildman–Crippen LogP) is 0.480. The number of methoxy groups -OCH3 is 1. The smallest absolute Gasteiger partial charge is 0.232 e. The second-order valence-corrected chi connectivity index (χ2v) is 5.70. The molecule has 1 amide bonds. The second kappa shape index (κ2) is 7.75. The number of hydrogen-bond donors (Lipinski definition) is 2. The first kappa shape index (κ1) is 16.9. The van der Waals surface area contributed by atoms with E-state index in [1.807, 2.05) is 24.3 Å². The van der Waals surface area contributed by atoms with Gasteiger partial charge in [0.25, 0.3) is 0 Å². The minimum Gasteiger partial charge on any atom is -0.497 e. The van der Waals surface area contributed by atoms with E-state index >= 15 is 0 Å². The minimum absolute atomic E-state index is 0.174. The number of amides is 1. The maximum Gasteiger partial charge on any atom is 0.232 e. The van der Waals surface area contributed by atoms with E-state index in [-0.39, 0.29) is 5.95 Å². The third kappa shape index (κ3) is 4.54. The van der Waals surface area contributed by atoms with E-state index in [1.165, 1.54) is 0 Å². The predicted molar refractivity (Wildman–Crippen MR) is 93.4 cm³/mol. The molecule has 0 atom stereocenters. The summed E-state index contributed by atoms with van der Waals surface area (Å²) in [7, 11) is 1.62. The molecule has 0 unspecified atom stereocenters. The van der Waals surface area contributed by atoms with Crippen molar-refractivity contribution < 1.29 is 9.53 Å². The summed E-state index contributed by atoms with van der Waals surface area (Å²) in [6.45, 7) is 3.55. The maximum absolute atomic E-state index is 10.8. The highest BCUT2D eigenvalue weighted by molar-refractivity contribution is 5.55. The van der Waals surface area contributed by atoms with Gasteiger partial charge in [-0.25, -0.2) is 0 Å². The van der Waals surface area contributed by atoms with Gasteiger partial charge >= 0.3 is 0 Å². The van der Waals surface area contributed by atoms with Gasteiger partial charge in [0, 0.05) is 31.9 Å². The Balaban J connectivity index is 1.66. The number of carbonyl (C=O) groups is 1. The molecule has 2 aromatic rings. The Kier molecular flexibility index (Phi) is 5.24. The second-order valence-electron chi connectivity index (χ2n) is 5.70. The third-order valence-electron chi connectivity index (χ3n) is 3.97. The molecule has 1 aromatic heterocycles. The van der Waals surface area contributed by atoms with Crippen LogP contribution in [0.15, 0.2) is 24.3 Å². The Hall–Kier alpha value is -2.94. The van der Waals surface area contributed by atoms with Crippen molar-refractivity contribution in [3.8, 4) is 5.75 Å². The summed E-state index contributed by atoms with van der Waals surface area (Å²) in [4.78, 5) is 27.5. The lowest BCUT2D eigenvalue weighted by atomic mass is 10.3. The summed E-state index contributed by atoms with van der Waals surface area (Å²) in [5.41, 5.74) is 6.64. The van der Waals surface area contributed by atoms with Crippen LogP contribution in [0.4, 0.5) is 17.6 Å². The van der Waals surface area contributed by atoms with Crippen molar-refractivity contribution in [1.82, 2.24) is 24.8 Å². The van der Waals surface area contributed by atoms with Gasteiger partial charge in [0.2, 0.25) is 18.3 Å². The van der Waals surface area contributed by atoms with Crippen LogP contribution in [0.2, 0.25) is 0 Å². The van der Waals surface area contributed by atoms with Crippen molar-refractivity contribution in [3.63, 3.8) is 0 Å². The first-order chi connectivity index (χ1) is 12.2. The van der Waals surface area contributed by atoms with Crippen molar-refractivity contribution in [2.75, 3.05) is 44.3 Å². The number of hydrogen-bond acceptors (Lipinski definition) is 8. The van der Waals surface area contributed by atoms with Gasteiger partial charge in [-0.2, -0.15) is 15.0 Å². The van der Waals surface area contributed by atoms with Crippen LogP contribution in [-0.2, 0) is 11.3 Å². The summed E-state index contributed by atoms with van der Waals surface area (Å²) >= 11 is 0. The molecule has 25 heavy (non-hydrogen) atoms. The van der Waals surface area contributed by atoms with Crippen molar-refractivity contribution in [3.05, 3.63) is 30.1 Å². The summed E-state index contributed by atoms with van der Waals surface area (Å²) in [5.74, 6) is 1.95. The highest BCUT2D eigenvalue weighted by Gasteiger charge is 2.17. The molecule has 9 nitrogen and oxygen atoms in total. The van der Waals surface area contributed by atoms with Crippen LogP contribution in [0.3, 0.4) is 0 Å². The van der Waals surface area contributed by atoms with Crippen molar-refractivity contribution in [2.45, 2.75) is 6.54 Å². The molecule has 0 saturated carbocycles. The van der Waals surface area contributed by atoms with Gasteiger partial charge in [-0.1, -0.05) is 0 Å². The fraction of sp³-hybridized carbons (Fsp3) is 0.375. The van der Waals surface area contributed by atoms with Crippen molar-refractivity contribution in [1.29, 1.82) is 0 Å². The Bertz CT molecular complexity index is 715. The van der Waals surface area contributed by atoms with E-state index in [4.69, 9.17) is 10.5 Å². The zero-order chi connectivity index (χ0) is 17.6. The van der Waals surface area contributed by atoms with E-state index < -0.39 is 0 Å². The first-order valence-corrected chi connectivity index (χ1v) is 7.99. The number of nitrogen functional groups attached to an aromatic ring is 1. The minimum atomic E-state index is 0.174. The normalized spacial score (nSPS) is 15.0. The van der Waals surface area contributed by atoms with E-state index in [0.29, 0.717) is 31.4 Å². The Morgan fingerprint density at radius 2 is 1.88 bits per heavy atom. The van der Waals surface area contributed by atoms with E-state index in [1.54, 1.807) is 12.0 Å². The topological polar surface area (TPSA) is 109 Å². The molecule has 1 fully saturated rings. The maximum atomic E-state index is 10.8. The number of aromatic nitrogens is 3. The van der Waals surface area contributed by atoms with Crippen LogP contribution in [-0.4, -0.2) is 64.5 Å². The fourth-order valence-electron chi connectivity index (χ4n) is 2.59. The highest BCUT2D eigenvalue weighted by atomic mass is 16.5. The van der Waals surface area contributed by atoms with Gasteiger partial charge in [0.1, 0.15) is 11.6 Å². The summed E-state index contributed by atoms with van der Waals surface area (Å²) < 4.78 is 5.14. The van der Waals surface area contributed by atoms with Gasteiger partial charge < -0.3 is 20.7 Å². The van der Waals surface area contributed by atoms with E-state index in [2.05, 4.69) is 25.2 Å². The number of anilines is 3. The zero-order valence-electron chi connectivity index (χ0n) is 14.1. The quantitative estimate of drug-likeness (QED) is 0.729. The van der Waals surface area contributed by atoms with Crippen LogP contribution >= 0.6 is 0 Å². The number of carbonyl (C=O) groups excluding carboxylic acids is 1. The molecule has 0 bridgehead atoms. The molecule has 1 saturated heterocycles. The van der Waals surface area contributed by atoms with E-state index in [0.717, 1.165) is 30.9 Å². The Morgan fingerprint density at radius 1 is 1.16 bits per heavy atom. The largest absolute Gasteiger partial charge is 0.497 e. The van der Waals surface area contributed by atoms with E-state index in [9.17, 15) is 4.79 Å². The Labute approximate surface area is 145 Å². The summed E-state index contributed by atoms with van der Waals surface area (Å²) in [6, 6.07) is 7.44. The standard InChI is InChI=1S/C16H21N7O2/c1-25-13-4-2-12(3-5-13)18-16-20-14(19-15(17)21-16)10-22-6-8-23(11-24)9-7-22/h2-5,11H,6-10H2,1H3,(H3,17,18,19,20,21). The van der Waals surface area contributed by atoms with Crippen LogP contribution in [0.1, 0.15) is 5.82 Å². The lowest BCUT2D eigenvalue weighted by Crippen LogP contribution is -2.45. The number of piperazine rings is 1.